The van der Waals surface area contributed by atoms with Crippen molar-refractivity contribution >= 4 is 12.3 Å². The molecule has 0 aromatic carbocycles. The Morgan fingerprint density at radius 1 is 1.85 bits per heavy atom. The summed E-state index contributed by atoms with van der Waals surface area (Å²) in [6.45, 7) is 0.669. The molecule has 0 aliphatic carbocycles. The lowest BCUT2D eigenvalue weighted by molar-refractivity contribution is -0.123. The summed E-state index contributed by atoms with van der Waals surface area (Å²) in [5.41, 5.74) is 0. The molecule has 1 aliphatic heterocycles. The summed E-state index contributed by atoms with van der Waals surface area (Å²) in [6.07, 6.45) is 1.64. The van der Waals surface area contributed by atoms with Crippen molar-refractivity contribution in [2.45, 2.75) is 18.9 Å². The van der Waals surface area contributed by atoms with Gasteiger partial charge in [-0.3, -0.25) is 9.59 Å². The van der Waals surface area contributed by atoms with Crippen molar-refractivity contribution in [1.29, 1.82) is 5.26 Å². The molecule has 1 rings (SSSR count). The maximum atomic E-state index is 11.1. The maximum Gasteiger partial charge on any atom is 0.223 e. The fourth-order valence-corrected chi connectivity index (χ4v) is 1.39. The SMILES string of the molecule is N#C[C@H](C[C@@H]1CCNC1=O)NC=O. The van der Waals surface area contributed by atoms with Crippen molar-refractivity contribution in [3.8, 4) is 6.07 Å². The smallest absolute Gasteiger partial charge is 0.223 e. The molecule has 70 valence electrons. The highest BCUT2D eigenvalue weighted by Gasteiger charge is 2.26. The molecule has 0 saturated carbocycles. The zero-order chi connectivity index (χ0) is 9.68. The zero-order valence-corrected chi connectivity index (χ0v) is 7.12. The minimum Gasteiger partial charge on any atom is -0.356 e. The highest BCUT2D eigenvalue weighted by Crippen LogP contribution is 2.15. The third-order valence-corrected chi connectivity index (χ3v) is 2.11. The number of nitrogens with zero attached hydrogens (tertiary/aromatic N) is 1. The van der Waals surface area contributed by atoms with Crippen LogP contribution in [0.2, 0.25) is 0 Å². The minimum atomic E-state index is -0.550. The molecule has 0 bridgehead atoms. The molecule has 0 spiro atoms. The summed E-state index contributed by atoms with van der Waals surface area (Å²) in [4.78, 5) is 21.2. The Balaban J connectivity index is 2.41. The number of carbonyl (C=O) groups is 2. The molecule has 0 aromatic heterocycles. The van der Waals surface area contributed by atoms with Gasteiger partial charge >= 0.3 is 0 Å². The summed E-state index contributed by atoms with van der Waals surface area (Å²) in [6, 6.07) is 1.38. The third-order valence-electron chi connectivity index (χ3n) is 2.11. The standard InChI is InChI=1S/C8H11N3O2/c9-4-7(11-5-12)3-6-1-2-10-8(6)13/h5-7H,1-3H2,(H,10,13)(H,11,12)/t6-,7-/m0/s1. The third kappa shape index (κ3) is 2.44. The first-order chi connectivity index (χ1) is 6.27. The van der Waals surface area contributed by atoms with E-state index in [1.165, 1.54) is 0 Å². The van der Waals surface area contributed by atoms with Gasteiger partial charge in [-0.25, -0.2) is 0 Å². The Bertz CT molecular complexity index is 246. The van der Waals surface area contributed by atoms with Gasteiger partial charge in [-0.1, -0.05) is 0 Å². The van der Waals surface area contributed by atoms with E-state index < -0.39 is 6.04 Å². The van der Waals surface area contributed by atoms with E-state index in [0.717, 1.165) is 6.42 Å². The summed E-state index contributed by atoms with van der Waals surface area (Å²) in [5, 5.41) is 13.6. The highest BCUT2D eigenvalue weighted by molar-refractivity contribution is 5.80. The Morgan fingerprint density at radius 2 is 2.62 bits per heavy atom. The zero-order valence-electron chi connectivity index (χ0n) is 7.12. The van der Waals surface area contributed by atoms with Crippen molar-refractivity contribution in [1.82, 2.24) is 10.6 Å². The van der Waals surface area contributed by atoms with Gasteiger partial charge in [-0.05, 0) is 12.8 Å². The summed E-state index contributed by atoms with van der Waals surface area (Å²) >= 11 is 0. The fraction of sp³-hybridized carbons (Fsp3) is 0.625. The van der Waals surface area contributed by atoms with Crippen LogP contribution in [0.15, 0.2) is 0 Å². The van der Waals surface area contributed by atoms with Crippen LogP contribution in [0.4, 0.5) is 0 Å². The average Bonchev–Trinajstić information content (AvgIpc) is 2.51. The van der Waals surface area contributed by atoms with E-state index in [9.17, 15) is 9.59 Å². The monoisotopic (exact) mass is 181 g/mol. The van der Waals surface area contributed by atoms with Crippen LogP contribution in [0.25, 0.3) is 0 Å². The Labute approximate surface area is 76.1 Å². The van der Waals surface area contributed by atoms with Crippen molar-refractivity contribution < 1.29 is 9.59 Å². The van der Waals surface area contributed by atoms with Gasteiger partial charge in [0.2, 0.25) is 12.3 Å². The van der Waals surface area contributed by atoms with Crippen LogP contribution in [-0.4, -0.2) is 24.9 Å². The molecule has 5 nitrogen and oxygen atoms in total. The molecular weight excluding hydrogens is 170 g/mol. The van der Waals surface area contributed by atoms with E-state index in [0.29, 0.717) is 19.4 Å². The second-order valence-electron chi connectivity index (χ2n) is 2.98. The molecule has 13 heavy (non-hydrogen) atoms. The first-order valence-corrected chi connectivity index (χ1v) is 4.15. The highest BCUT2D eigenvalue weighted by atomic mass is 16.2. The van der Waals surface area contributed by atoms with Crippen LogP contribution in [0.5, 0.6) is 0 Å². The lowest BCUT2D eigenvalue weighted by Gasteiger charge is -2.10. The molecule has 1 fully saturated rings. The number of amides is 2. The van der Waals surface area contributed by atoms with E-state index in [2.05, 4.69) is 10.6 Å². The second-order valence-corrected chi connectivity index (χ2v) is 2.98. The van der Waals surface area contributed by atoms with Gasteiger partial charge in [-0.15, -0.1) is 0 Å². The van der Waals surface area contributed by atoms with Gasteiger partial charge in [0.1, 0.15) is 6.04 Å². The molecule has 2 amide bonds. The number of rotatable bonds is 4. The first kappa shape index (κ1) is 9.52. The molecule has 1 saturated heterocycles. The lowest BCUT2D eigenvalue weighted by Crippen LogP contribution is -2.31. The topological polar surface area (TPSA) is 82.0 Å². The van der Waals surface area contributed by atoms with Crippen LogP contribution < -0.4 is 10.6 Å². The minimum absolute atomic E-state index is 0.0204. The van der Waals surface area contributed by atoms with E-state index in [-0.39, 0.29) is 11.8 Å². The van der Waals surface area contributed by atoms with Crippen molar-refractivity contribution in [3.63, 3.8) is 0 Å². The molecule has 2 N–H and O–H groups in total. The van der Waals surface area contributed by atoms with Crippen LogP contribution >= 0.6 is 0 Å². The van der Waals surface area contributed by atoms with Crippen LogP contribution in [-0.2, 0) is 9.59 Å². The van der Waals surface area contributed by atoms with Gasteiger partial charge in [0.15, 0.2) is 0 Å². The molecule has 1 aliphatic rings. The van der Waals surface area contributed by atoms with Crippen molar-refractivity contribution in [2.75, 3.05) is 6.54 Å². The molecule has 0 aromatic rings. The number of hydrogen-bond acceptors (Lipinski definition) is 3. The first-order valence-electron chi connectivity index (χ1n) is 4.15. The van der Waals surface area contributed by atoms with Crippen LogP contribution in [0, 0.1) is 17.2 Å². The predicted molar refractivity (Wildman–Crippen MR) is 44.3 cm³/mol. The molecule has 0 unspecified atom stereocenters. The maximum absolute atomic E-state index is 11.1. The predicted octanol–water partition coefficient (Wildman–Crippen LogP) is -0.849. The quantitative estimate of drug-likeness (QED) is 0.554. The van der Waals surface area contributed by atoms with Gasteiger partial charge in [0, 0.05) is 12.5 Å². The number of nitriles is 1. The Morgan fingerprint density at radius 3 is 3.08 bits per heavy atom. The molecule has 5 heteroatoms. The van der Waals surface area contributed by atoms with Gasteiger partial charge in [-0.2, -0.15) is 5.26 Å². The number of carbonyl (C=O) groups excluding carboxylic acids is 2. The molecule has 2 atom stereocenters. The Kier molecular flexibility index (Phi) is 3.26. The number of hydrogen-bond donors (Lipinski definition) is 2. The molecule has 1 heterocycles. The number of nitrogens with one attached hydrogen (secondary N) is 2. The van der Waals surface area contributed by atoms with Gasteiger partial charge in [0.25, 0.3) is 0 Å². The van der Waals surface area contributed by atoms with E-state index in [1.54, 1.807) is 0 Å². The van der Waals surface area contributed by atoms with E-state index in [1.807, 2.05) is 6.07 Å². The molecular formula is C8H11N3O2. The van der Waals surface area contributed by atoms with Crippen molar-refractivity contribution in [2.24, 2.45) is 5.92 Å². The summed E-state index contributed by atoms with van der Waals surface area (Å²) in [5.74, 6) is -0.148. The molecule has 0 radical (unpaired) electrons. The van der Waals surface area contributed by atoms with Gasteiger partial charge in [0.05, 0.1) is 6.07 Å². The van der Waals surface area contributed by atoms with Crippen molar-refractivity contribution in [3.05, 3.63) is 0 Å². The second kappa shape index (κ2) is 4.45. The van der Waals surface area contributed by atoms with E-state index >= 15 is 0 Å². The summed E-state index contributed by atoms with van der Waals surface area (Å²) < 4.78 is 0. The normalized spacial score (nSPS) is 23.0. The van der Waals surface area contributed by atoms with Gasteiger partial charge < -0.3 is 10.6 Å². The van der Waals surface area contributed by atoms with E-state index in [4.69, 9.17) is 5.26 Å². The lowest BCUT2D eigenvalue weighted by atomic mass is 9.99. The largest absolute Gasteiger partial charge is 0.356 e. The Hall–Kier alpha value is -1.57. The summed E-state index contributed by atoms with van der Waals surface area (Å²) in [7, 11) is 0. The van der Waals surface area contributed by atoms with Crippen LogP contribution in [0.1, 0.15) is 12.8 Å². The fourth-order valence-electron chi connectivity index (χ4n) is 1.39. The average molecular weight is 181 g/mol. The van der Waals surface area contributed by atoms with Crippen LogP contribution in [0.3, 0.4) is 0 Å².